The molecule has 1 unspecified atom stereocenters. The predicted molar refractivity (Wildman–Crippen MR) is 76.9 cm³/mol. The first-order chi connectivity index (χ1) is 9.11. The number of ketones is 1. The van der Waals surface area contributed by atoms with Gasteiger partial charge in [0.2, 0.25) is 0 Å². The first-order valence-electron chi connectivity index (χ1n) is 6.83. The minimum absolute atomic E-state index is 0.143. The molecule has 0 N–H and O–H groups in total. The molecule has 0 fully saturated rings. The zero-order chi connectivity index (χ0) is 14.3. The maximum atomic E-state index is 12.6. The summed E-state index contributed by atoms with van der Waals surface area (Å²) in [5, 5.41) is 8.75. The highest BCUT2D eigenvalue weighted by molar-refractivity contribution is 6.00. The Morgan fingerprint density at radius 1 is 1.32 bits per heavy atom. The van der Waals surface area contributed by atoms with Crippen molar-refractivity contribution in [3.05, 3.63) is 35.9 Å². The van der Waals surface area contributed by atoms with Crippen molar-refractivity contribution in [2.45, 2.75) is 45.7 Å². The van der Waals surface area contributed by atoms with Crippen molar-refractivity contribution in [3.63, 3.8) is 0 Å². The van der Waals surface area contributed by atoms with Gasteiger partial charge in [-0.15, -0.1) is 0 Å². The number of benzene rings is 1. The molecule has 0 aliphatic heterocycles. The zero-order valence-corrected chi connectivity index (χ0v) is 12.0. The summed E-state index contributed by atoms with van der Waals surface area (Å²) in [5.41, 5.74) is 0.747. The van der Waals surface area contributed by atoms with E-state index in [2.05, 4.69) is 24.8 Å². The summed E-state index contributed by atoms with van der Waals surface area (Å²) in [5.74, 6) is 0.148. The summed E-state index contributed by atoms with van der Waals surface area (Å²) in [7, 11) is 0. The van der Waals surface area contributed by atoms with Crippen LogP contribution in [0.4, 0.5) is 0 Å². The quantitative estimate of drug-likeness (QED) is 0.705. The van der Waals surface area contributed by atoms with Crippen molar-refractivity contribution in [2.24, 2.45) is 0 Å². The van der Waals surface area contributed by atoms with Gasteiger partial charge < -0.3 is 0 Å². The van der Waals surface area contributed by atoms with Gasteiger partial charge in [-0.3, -0.25) is 9.69 Å². The van der Waals surface area contributed by atoms with E-state index >= 15 is 0 Å². The Labute approximate surface area is 115 Å². The monoisotopic (exact) mass is 258 g/mol. The average Bonchev–Trinajstić information content (AvgIpc) is 2.43. The number of carbonyl (C=O) groups is 1. The smallest absolute Gasteiger partial charge is 0.179 e. The molecule has 3 nitrogen and oxygen atoms in total. The number of nitriles is 1. The Hall–Kier alpha value is -1.66. The molecule has 0 heterocycles. The number of hydrogen-bond donors (Lipinski definition) is 0. The molecule has 0 bridgehead atoms. The summed E-state index contributed by atoms with van der Waals surface area (Å²) < 4.78 is 0. The molecule has 1 aromatic rings. The van der Waals surface area contributed by atoms with Crippen LogP contribution in [0.2, 0.25) is 0 Å². The van der Waals surface area contributed by atoms with Crippen LogP contribution in [0.15, 0.2) is 30.3 Å². The standard InChI is InChI=1S/C16H22N2O/c1-4-15(18(13(2)3)12-8-11-17)16(19)14-9-6-5-7-10-14/h5-7,9-10,13,15H,4,8,12H2,1-3H3. The van der Waals surface area contributed by atoms with Crippen molar-refractivity contribution in [3.8, 4) is 6.07 Å². The topological polar surface area (TPSA) is 44.1 Å². The Morgan fingerprint density at radius 3 is 2.42 bits per heavy atom. The van der Waals surface area contributed by atoms with Crippen LogP contribution >= 0.6 is 0 Å². The number of Topliss-reactive ketones (excluding diaryl/α,β-unsaturated/α-hetero) is 1. The van der Waals surface area contributed by atoms with Crippen molar-refractivity contribution in [2.75, 3.05) is 6.54 Å². The zero-order valence-electron chi connectivity index (χ0n) is 12.0. The molecule has 102 valence electrons. The van der Waals surface area contributed by atoms with Crippen LogP contribution in [-0.4, -0.2) is 29.3 Å². The van der Waals surface area contributed by atoms with Crippen molar-refractivity contribution in [1.29, 1.82) is 5.26 Å². The van der Waals surface area contributed by atoms with Crippen LogP contribution in [0.3, 0.4) is 0 Å². The Morgan fingerprint density at radius 2 is 1.95 bits per heavy atom. The van der Waals surface area contributed by atoms with E-state index in [-0.39, 0.29) is 17.9 Å². The highest BCUT2D eigenvalue weighted by Crippen LogP contribution is 2.15. The molecule has 3 heteroatoms. The number of rotatable bonds is 7. The van der Waals surface area contributed by atoms with Gasteiger partial charge in [-0.05, 0) is 20.3 Å². The third kappa shape index (κ3) is 4.18. The minimum atomic E-state index is -0.143. The first kappa shape index (κ1) is 15.4. The van der Waals surface area contributed by atoms with Gasteiger partial charge >= 0.3 is 0 Å². The predicted octanol–water partition coefficient (Wildman–Crippen LogP) is 3.27. The molecule has 0 aliphatic rings. The SMILES string of the molecule is CCC(C(=O)c1ccccc1)N(CCC#N)C(C)C. The summed E-state index contributed by atoms with van der Waals surface area (Å²) in [6.07, 6.45) is 1.22. The molecule has 1 aromatic carbocycles. The van der Waals surface area contributed by atoms with E-state index in [1.807, 2.05) is 37.3 Å². The van der Waals surface area contributed by atoms with Crippen LogP contribution in [0.5, 0.6) is 0 Å². The Bertz CT molecular complexity index is 434. The maximum Gasteiger partial charge on any atom is 0.179 e. The molecule has 0 amide bonds. The number of hydrogen-bond acceptors (Lipinski definition) is 3. The Kier molecular flexibility index (Phi) is 6.24. The number of nitrogens with zero attached hydrogens (tertiary/aromatic N) is 2. The second-order valence-corrected chi connectivity index (χ2v) is 4.89. The van der Waals surface area contributed by atoms with Gasteiger partial charge in [0.15, 0.2) is 5.78 Å². The van der Waals surface area contributed by atoms with Gasteiger partial charge in [-0.1, -0.05) is 37.3 Å². The van der Waals surface area contributed by atoms with Gasteiger partial charge in [0.05, 0.1) is 12.1 Å². The van der Waals surface area contributed by atoms with Gasteiger partial charge in [0.1, 0.15) is 0 Å². The van der Waals surface area contributed by atoms with Gasteiger partial charge in [0, 0.05) is 24.6 Å². The van der Waals surface area contributed by atoms with Gasteiger partial charge in [-0.25, -0.2) is 0 Å². The molecule has 0 aliphatic carbocycles. The van der Waals surface area contributed by atoms with Crippen LogP contribution in [0, 0.1) is 11.3 Å². The lowest BCUT2D eigenvalue weighted by molar-refractivity contribution is 0.0758. The van der Waals surface area contributed by atoms with E-state index in [1.165, 1.54) is 0 Å². The lowest BCUT2D eigenvalue weighted by atomic mass is 9.99. The fourth-order valence-corrected chi connectivity index (χ4v) is 2.32. The molecule has 0 spiro atoms. The van der Waals surface area contributed by atoms with Crippen molar-refractivity contribution >= 4 is 5.78 Å². The molecule has 0 saturated carbocycles. The molecule has 1 rings (SSSR count). The average molecular weight is 258 g/mol. The molecular formula is C16H22N2O. The third-order valence-electron chi connectivity index (χ3n) is 3.29. The first-order valence-corrected chi connectivity index (χ1v) is 6.83. The molecule has 0 aromatic heterocycles. The summed E-state index contributed by atoms with van der Waals surface area (Å²) in [6.45, 7) is 6.80. The van der Waals surface area contributed by atoms with Gasteiger partial charge in [-0.2, -0.15) is 5.26 Å². The number of carbonyl (C=O) groups excluding carboxylic acids is 1. The van der Waals surface area contributed by atoms with Crippen LogP contribution in [-0.2, 0) is 0 Å². The van der Waals surface area contributed by atoms with E-state index in [1.54, 1.807) is 0 Å². The lowest BCUT2D eigenvalue weighted by Crippen LogP contribution is -2.45. The van der Waals surface area contributed by atoms with Crippen LogP contribution in [0.25, 0.3) is 0 Å². The molecule has 19 heavy (non-hydrogen) atoms. The van der Waals surface area contributed by atoms with E-state index in [4.69, 9.17) is 5.26 Å². The second-order valence-electron chi connectivity index (χ2n) is 4.89. The molecular weight excluding hydrogens is 236 g/mol. The van der Waals surface area contributed by atoms with Crippen LogP contribution in [0.1, 0.15) is 44.0 Å². The highest BCUT2D eigenvalue weighted by Gasteiger charge is 2.26. The van der Waals surface area contributed by atoms with Crippen LogP contribution < -0.4 is 0 Å². The van der Waals surface area contributed by atoms with Gasteiger partial charge in [0.25, 0.3) is 0 Å². The summed E-state index contributed by atoms with van der Waals surface area (Å²) >= 11 is 0. The van der Waals surface area contributed by atoms with E-state index < -0.39 is 0 Å². The largest absolute Gasteiger partial charge is 0.292 e. The van der Waals surface area contributed by atoms with E-state index in [0.29, 0.717) is 13.0 Å². The third-order valence-corrected chi connectivity index (χ3v) is 3.29. The van der Waals surface area contributed by atoms with E-state index in [0.717, 1.165) is 12.0 Å². The normalized spacial score (nSPS) is 12.4. The lowest BCUT2D eigenvalue weighted by Gasteiger charge is -2.32. The fraction of sp³-hybridized carbons (Fsp3) is 0.500. The van der Waals surface area contributed by atoms with Crippen molar-refractivity contribution in [1.82, 2.24) is 4.90 Å². The van der Waals surface area contributed by atoms with Crippen molar-refractivity contribution < 1.29 is 4.79 Å². The summed E-state index contributed by atoms with van der Waals surface area (Å²) in [4.78, 5) is 14.7. The highest BCUT2D eigenvalue weighted by atomic mass is 16.1. The Balaban J connectivity index is 2.91. The molecule has 0 radical (unpaired) electrons. The second kappa shape index (κ2) is 7.70. The van der Waals surface area contributed by atoms with E-state index in [9.17, 15) is 4.79 Å². The summed E-state index contributed by atoms with van der Waals surface area (Å²) in [6, 6.07) is 11.7. The molecule has 1 atom stereocenters. The minimum Gasteiger partial charge on any atom is -0.292 e. The maximum absolute atomic E-state index is 12.6. The fourth-order valence-electron chi connectivity index (χ4n) is 2.32. The molecule has 0 saturated heterocycles.